The van der Waals surface area contributed by atoms with E-state index in [9.17, 15) is 4.79 Å². The van der Waals surface area contributed by atoms with Crippen LogP contribution in [0.5, 0.6) is 0 Å². The summed E-state index contributed by atoms with van der Waals surface area (Å²) in [5.74, 6) is 0. The van der Waals surface area contributed by atoms with Gasteiger partial charge in [-0.05, 0) is 12.1 Å². The molecule has 0 unspecified atom stereocenters. The molecule has 1 aliphatic heterocycles. The van der Waals surface area contributed by atoms with Gasteiger partial charge in [0.1, 0.15) is 5.69 Å². The van der Waals surface area contributed by atoms with Crippen LogP contribution in [0.25, 0.3) is 5.69 Å². The van der Waals surface area contributed by atoms with E-state index in [1.807, 2.05) is 30.3 Å². The van der Waals surface area contributed by atoms with Crippen LogP contribution in [-0.4, -0.2) is 16.0 Å². The van der Waals surface area contributed by atoms with Crippen LogP contribution in [-0.2, 0) is 6.54 Å². The molecule has 0 saturated carbocycles. The molecule has 2 aromatic rings. The van der Waals surface area contributed by atoms with Crippen molar-refractivity contribution in [3.63, 3.8) is 0 Å². The molecule has 1 aliphatic rings. The van der Waals surface area contributed by atoms with Crippen LogP contribution in [0.15, 0.2) is 46.2 Å². The minimum Gasteiger partial charge on any atom is -0.286 e. The second-order valence-corrected chi connectivity index (χ2v) is 3.61. The zero-order valence-electron chi connectivity index (χ0n) is 8.50. The fourth-order valence-electron chi connectivity index (χ4n) is 1.73. The topological polar surface area (TPSA) is 47.2 Å². The van der Waals surface area contributed by atoms with Gasteiger partial charge in [0, 0.05) is 17.8 Å². The third-order valence-electron chi connectivity index (χ3n) is 2.52. The average Bonchev–Trinajstić information content (AvgIpc) is 2.76. The zero-order valence-corrected chi connectivity index (χ0v) is 8.50. The van der Waals surface area contributed by atoms with Gasteiger partial charge in [-0.1, -0.05) is 18.2 Å². The number of hydrogen-bond donors (Lipinski definition) is 0. The van der Waals surface area contributed by atoms with Gasteiger partial charge in [0.25, 0.3) is 5.56 Å². The first-order valence-corrected chi connectivity index (χ1v) is 5.03. The molecule has 3 rings (SSSR count). The summed E-state index contributed by atoms with van der Waals surface area (Å²) in [4.78, 5) is 15.9. The van der Waals surface area contributed by atoms with Crippen molar-refractivity contribution in [2.24, 2.45) is 4.99 Å². The van der Waals surface area contributed by atoms with Crippen LogP contribution in [0.1, 0.15) is 11.3 Å². The van der Waals surface area contributed by atoms with Crippen LogP contribution in [0.4, 0.5) is 0 Å². The first kappa shape index (κ1) is 9.03. The van der Waals surface area contributed by atoms with Crippen LogP contribution in [0.2, 0.25) is 0 Å². The number of hydrogen-bond acceptors (Lipinski definition) is 3. The standard InChI is InChI=1S/C12H9N3O/c16-12-6-9-7-13-8-11(9)14-15(12)10-4-2-1-3-5-10/h1-6,8H,7H2. The summed E-state index contributed by atoms with van der Waals surface area (Å²) in [7, 11) is 0. The molecule has 0 radical (unpaired) electrons. The molecule has 0 aliphatic carbocycles. The number of fused-ring (bicyclic) bond motifs is 1. The molecule has 0 fully saturated rings. The third kappa shape index (κ3) is 1.35. The Balaban J connectivity index is 2.22. The lowest BCUT2D eigenvalue weighted by Crippen LogP contribution is -2.22. The highest BCUT2D eigenvalue weighted by atomic mass is 16.1. The van der Waals surface area contributed by atoms with Gasteiger partial charge in [-0.25, -0.2) is 0 Å². The molecule has 4 heteroatoms. The van der Waals surface area contributed by atoms with E-state index in [1.165, 1.54) is 4.68 Å². The molecule has 0 spiro atoms. The summed E-state index contributed by atoms with van der Waals surface area (Å²) in [5.41, 5.74) is 2.34. The maximum atomic E-state index is 11.8. The highest BCUT2D eigenvalue weighted by molar-refractivity contribution is 5.81. The van der Waals surface area contributed by atoms with E-state index in [4.69, 9.17) is 0 Å². The highest BCUT2D eigenvalue weighted by Gasteiger charge is 2.11. The summed E-state index contributed by atoms with van der Waals surface area (Å²) >= 11 is 0. The van der Waals surface area contributed by atoms with E-state index < -0.39 is 0 Å². The van der Waals surface area contributed by atoms with Gasteiger partial charge in [-0.3, -0.25) is 9.79 Å². The van der Waals surface area contributed by atoms with Gasteiger partial charge in [0.05, 0.1) is 12.2 Å². The predicted octanol–water partition coefficient (Wildman–Crippen LogP) is 1.16. The van der Waals surface area contributed by atoms with E-state index in [0.717, 1.165) is 16.9 Å². The molecule has 0 atom stereocenters. The van der Waals surface area contributed by atoms with Crippen molar-refractivity contribution in [1.29, 1.82) is 0 Å². The second kappa shape index (κ2) is 3.41. The Morgan fingerprint density at radius 2 is 2.00 bits per heavy atom. The van der Waals surface area contributed by atoms with Gasteiger partial charge in [0.15, 0.2) is 0 Å². The molecule has 78 valence electrons. The molecule has 16 heavy (non-hydrogen) atoms. The number of aliphatic imine (C=N–C) groups is 1. The van der Waals surface area contributed by atoms with Crippen LogP contribution < -0.4 is 5.56 Å². The summed E-state index contributed by atoms with van der Waals surface area (Å²) in [6.45, 7) is 0.563. The monoisotopic (exact) mass is 211 g/mol. The normalized spacial score (nSPS) is 12.8. The van der Waals surface area contributed by atoms with Crippen molar-refractivity contribution in [2.45, 2.75) is 6.54 Å². The van der Waals surface area contributed by atoms with Crippen molar-refractivity contribution in [1.82, 2.24) is 9.78 Å². The lowest BCUT2D eigenvalue weighted by Gasteiger charge is -2.05. The lowest BCUT2D eigenvalue weighted by atomic mass is 10.2. The van der Waals surface area contributed by atoms with E-state index in [0.29, 0.717) is 6.54 Å². The Morgan fingerprint density at radius 3 is 2.81 bits per heavy atom. The van der Waals surface area contributed by atoms with Crippen molar-refractivity contribution >= 4 is 6.21 Å². The minimum atomic E-state index is -0.115. The smallest absolute Gasteiger partial charge is 0.271 e. The van der Waals surface area contributed by atoms with E-state index in [2.05, 4.69) is 10.1 Å². The lowest BCUT2D eigenvalue weighted by molar-refractivity contribution is 0.794. The molecule has 4 nitrogen and oxygen atoms in total. The largest absolute Gasteiger partial charge is 0.286 e. The van der Waals surface area contributed by atoms with Crippen LogP contribution in [0.3, 0.4) is 0 Å². The third-order valence-corrected chi connectivity index (χ3v) is 2.52. The maximum Gasteiger partial charge on any atom is 0.271 e. The van der Waals surface area contributed by atoms with Crippen LogP contribution >= 0.6 is 0 Å². The molecule has 2 heterocycles. The summed E-state index contributed by atoms with van der Waals surface area (Å²) in [6, 6.07) is 11.0. The van der Waals surface area contributed by atoms with Gasteiger partial charge >= 0.3 is 0 Å². The van der Waals surface area contributed by atoms with E-state index in [-0.39, 0.29) is 5.56 Å². The fraction of sp³-hybridized carbons (Fsp3) is 0.0833. The first-order chi connectivity index (χ1) is 7.84. The van der Waals surface area contributed by atoms with E-state index in [1.54, 1.807) is 12.3 Å². The highest BCUT2D eigenvalue weighted by Crippen LogP contribution is 2.10. The molecule has 0 N–H and O–H groups in total. The van der Waals surface area contributed by atoms with Crippen molar-refractivity contribution in [2.75, 3.05) is 0 Å². The molecular weight excluding hydrogens is 202 g/mol. The molecule has 1 aromatic carbocycles. The fourth-order valence-corrected chi connectivity index (χ4v) is 1.73. The summed E-state index contributed by atoms with van der Waals surface area (Å²) in [5, 5.41) is 4.28. The van der Waals surface area contributed by atoms with E-state index >= 15 is 0 Å². The molecular formula is C12H9N3O. The van der Waals surface area contributed by atoms with Gasteiger partial charge < -0.3 is 0 Å². The van der Waals surface area contributed by atoms with Crippen molar-refractivity contribution in [3.8, 4) is 5.69 Å². The molecule has 1 aromatic heterocycles. The molecule has 0 amide bonds. The predicted molar refractivity (Wildman–Crippen MR) is 61.1 cm³/mol. The Kier molecular flexibility index (Phi) is 1.93. The van der Waals surface area contributed by atoms with Crippen molar-refractivity contribution in [3.05, 3.63) is 58.0 Å². The number of rotatable bonds is 1. The van der Waals surface area contributed by atoms with Gasteiger partial charge in [-0.15, -0.1) is 0 Å². The first-order valence-electron chi connectivity index (χ1n) is 5.03. The van der Waals surface area contributed by atoms with Crippen molar-refractivity contribution < 1.29 is 0 Å². The second-order valence-electron chi connectivity index (χ2n) is 3.61. The van der Waals surface area contributed by atoms with Gasteiger partial charge in [0.2, 0.25) is 0 Å². The number of para-hydroxylation sites is 1. The molecule has 0 saturated heterocycles. The SMILES string of the molecule is O=c1cc2c(nn1-c1ccccc1)C=NC2. The van der Waals surface area contributed by atoms with Crippen LogP contribution in [0, 0.1) is 0 Å². The number of benzene rings is 1. The molecule has 0 bridgehead atoms. The Labute approximate surface area is 91.9 Å². The minimum absolute atomic E-state index is 0.115. The Morgan fingerprint density at radius 1 is 1.19 bits per heavy atom. The number of nitrogens with zero attached hydrogens (tertiary/aromatic N) is 3. The summed E-state index contributed by atoms with van der Waals surface area (Å²) < 4.78 is 1.40. The zero-order chi connectivity index (χ0) is 11.0. The van der Waals surface area contributed by atoms with Gasteiger partial charge in [-0.2, -0.15) is 9.78 Å². The summed E-state index contributed by atoms with van der Waals surface area (Å²) in [6.07, 6.45) is 1.70. The quantitative estimate of drug-likeness (QED) is 0.710. The Bertz CT molecular complexity index is 614. The average molecular weight is 211 g/mol. The number of aromatic nitrogens is 2. The maximum absolute atomic E-state index is 11.8. The Hall–Kier alpha value is -2.23.